The number of carbonyl (C=O) groups is 4. The highest BCUT2D eigenvalue weighted by Gasteiger charge is 2.73. The zero-order chi connectivity index (χ0) is 57.3. The van der Waals surface area contributed by atoms with Gasteiger partial charge in [0.05, 0.1) is 35.1 Å². The van der Waals surface area contributed by atoms with Crippen LogP contribution in [0.25, 0.3) is 0 Å². The van der Waals surface area contributed by atoms with Gasteiger partial charge in [-0.15, -0.1) is 6.58 Å². The fourth-order valence-electron chi connectivity index (χ4n) is 13.8. The number of hydrogen-bond acceptors (Lipinski definition) is 14. The molecule has 4 aliphatic carbocycles. The molecule has 4 aromatic rings. The maximum atomic E-state index is 12.7. The number of aromatic hydroxyl groups is 1. The number of fused-ring (bicyclic) bond motifs is 2. The third-order valence-corrected chi connectivity index (χ3v) is 19.3. The van der Waals surface area contributed by atoms with E-state index in [1.54, 1.807) is 13.2 Å². The first-order valence-corrected chi connectivity index (χ1v) is 29.6. The van der Waals surface area contributed by atoms with Crippen LogP contribution >= 0.6 is 11.8 Å². The second-order valence-corrected chi connectivity index (χ2v) is 25.5. The van der Waals surface area contributed by atoms with Crippen LogP contribution in [0, 0.1) is 23.2 Å². The number of anilines is 2. The number of hydrogen-bond donors (Lipinski definition) is 5. The molecule has 5 N–H and O–H groups in total. The van der Waals surface area contributed by atoms with Crippen LogP contribution in [-0.4, -0.2) is 139 Å². The van der Waals surface area contributed by atoms with Gasteiger partial charge in [0, 0.05) is 59.4 Å². The van der Waals surface area contributed by atoms with Gasteiger partial charge in [0.2, 0.25) is 11.8 Å². The molecule has 5 fully saturated rings. The summed E-state index contributed by atoms with van der Waals surface area (Å²) in [6.45, 7) is 13.5. The number of nitrogens with zero attached hydrogens (tertiary/aromatic N) is 4. The maximum Gasteiger partial charge on any atom is 0.328 e. The highest BCUT2D eigenvalue weighted by Crippen LogP contribution is 2.65. The Morgan fingerprint density at radius 1 is 0.863 bits per heavy atom. The van der Waals surface area contributed by atoms with Crippen LogP contribution < -0.4 is 25.0 Å². The first kappa shape index (κ1) is 58.9. The van der Waals surface area contributed by atoms with E-state index in [-0.39, 0.29) is 29.9 Å². The molecule has 15 nitrogen and oxygen atoms in total. The molecule has 12 rings (SSSR count). The van der Waals surface area contributed by atoms with Crippen molar-refractivity contribution in [2.24, 2.45) is 23.2 Å². The molecule has 0 radical (unpaired) electrons. The summed E-state index contributed by atoms with van der Waals surface area (Å²) in [5.41, 5.74) is 2.20. The molecule has 4 amide bonds. The summed E-state index contributed by atoms with van der Waals surface area (Å²) in [4.78, 5) is 59.4. The number of phenols is 1. The number of likely N-dealkylation sites (tertiary alicyclic amines) is 1. The van der Waals surface area contributed by atoms with Gasteiger partial charge in [-0.3, -0.25) is 29.9 Å². The number of carbonyl (C=O) groups excluding carboxylic acids is 4. The molecule has 16 heteroatoms. The number of methoxy groups -OCH3 is 1. The number of benzene rings is 4. The molecule has 80 heavy (non-hydrogen) atoms. The van der Waals surface area contributed by atoms with E-state index in [0.29, 0.717) is 37.0 Å². The number of Topliss-reactive ketones (excluding diaryl/α,β-unsaturated/α-hetero) is 1. The van der Waals surface area contributed by atoms with Crippen LogP contribution in [0.4, 0.5) is 16.2 Å². The highest BCUT2D eigenvalue weighted by molar-refractivity contribution is 7.99. The van der Waals surface area contributed by atoms with E-state index in [0.717, 1.165) is 86.6 Å². The number of amides is 4. The number of urea groups is 1. The van der Waals surface area contributed by atoms with Gasteiger partial charge in [-0.1, -0.05) is 87.0 Å². The predicted molar refractivity (Wildman–Crippen MR) is 313 cm³/mol. The van der Waals surface area contributed by atoms with E-state index in [2.05, 4.69) is 120 Å². The van der Waals surface area contributed by atoms with Gasteiger partial charge in [-0.05, 0) is 165 Å². The van der Waals surface area contributed by atoms with Crippen molar-refractivity contribution in [1.82, 2.24) is 25.3 Å². The van der Waals surface area contributed by atoms with Crippen LogP contribution in [0.1, 0.15) is 108 Å². The third kappa shape index (κ3) is 11.3. The summed E-state index contributed by atoms with van der Waals surface area (Å²) in [5, 5.41) is 37.8. The summed E-state index contributed by atoms with van der Waals surface area (Å²) in [7, 11) is 10.1. The quantitative estimate of drug-likeness (QED) is 0.0630. The largest absolute Gasteiger partial charge is 0.504 e. The summed E-state index contributed by atoms with van der Waals surface area (Å²) in [6, 6.07) is 28.7. The van der Waals surface area contributed by atoms with Crippen LogP contribution in [0.15, 0.2) is 107 Å². The number of nitrogens with one attached hydrogen (secondary N) is 2. The molecule has 7 atom stereocenters. The minimum Gasteiger partial charge on any atom is -0.504 e. The van der Waals surface area contributed by atoms with Crippen molar-refractivity contribution in [1.29, 1.82) is 0 Å². The lowest BCUT2D eigenvalue weighted by Gasteiger charge is -2.62. The normalized spacial score (nSPS) is 27.1. The Bertz CT molecular complexity index is 2880. The van der Waals surface area contributed by atoms with E-state index in [4.69, 9.17) is 9.47 Å². The van der Waals surface area contributed by atoms with Gasteiger partial charge >= 0.3 is 6.03 Å². The Kier molecular flexibility index (Phi) is 17.7. The van der Waals surface area contributed by atoms with Crippen LogP contribution in [0.3, 0.4) is 0 Å². The number of barbiturate groups is 1. The Hall–Kier alpha value is -5.75. The Balaban J connectivity index is 0.000000131. The fourth-order valence-corrected chi connectivity index (χ4v) is 14.9. The number of rotatable bonds is 13. The Morgan fingerprint density at radius 3 is 2.15 bits per heavy atom. The number of likely N-dealkylation sites (N-methyl/N-ethyl adjacent to an activating group) is 1. The van der Waals surface area contributed by atoms with Gasteiger partial charge in [-0.25, -0.2) is 4.79 Å². The van der Waals surface area contributed by atoms with Crippen molar-refractivity contribution < 1.29 is 44.0 Å². The number of para-hydroxylation sites is 2. The van der Waals surface area contributed by atoms with Gasteiger partial charge in [0.25, 0.3) is 0 Å². The van der Waals surface area contributed by atoms with Crippen molar-refractivity contribution in [3.8, 4) is 17.2 Å². The van der Waals surface area contributed by atoms with Crippen LogP contribution in [-0.2, 0) is 31.8 Å². The van der Waals surface area contributed by atoms with Gasteiger partial charge in [-0.2, -0.15) is 0 Å². The van der Waals surface area contributed by atoms with Crippen LogP contribution in [0.5, 0.6) is 17.2 Å². The molecule has 3 saturated carbocycles. The van der Waals surface area contributed by atoms with E-state index < -0.39 is 46.0 Å². The topological polar surface area (TPSA) is 184 Å². The van der Waals surface area contributed by atoms with Crippen molar-refractivity contribution in [2.45, 2.75) is 142 Å². The smallest absolute Gasteiger partial charge is 0.328 e. The van der Waals surface area contributed by atoms with Crippen LogP contribution in [0.2, 0.25) is 0 Å². The lowest BCUT2D eigenvalue weighted by Crippen LogP contribution is -2.76. The fraction of sp³-hybridized carbons (Fsp3) is 0.531. The number of phenolic OH excluding ortho intramolecular Hbond substituents is 1. The minimum atomic E-state index is -1.19. The SMILES string of the molecule is C=CCC1(CC(C)C)C(=O)NC(=O)NC1=O.CC(CN1c2ccccc2Sc2ccccc21)N(C)C.COc1cccc([C@@]2(O)CCCC[C@@H]2CN(C)C)c1.O=C1CC[C@@]2(O)[C@H]3Cc4ccc(O)c5c4[C@@]2(CCN3CC2CC2)[C@H]1O5. The van der Waals surface area contributed by atoms with Crippen molar-refractivity contribution in [3.63, 3.8) is 0 Å². The van der Waals surface area contributed by atoms with Gasteiger partial charge in [0.1, 0.15) is 11.2 Å². The standard InChI is InChI=1S/C20H23NO4.C17H20N2S.C16H25NO2.C11H16N2O3/c22-13-4-3-12-9-15-20(24)6-5-14(23)18-19(20,16(12)17(13)25-18)7-8-21(15)10-11-1-2-11;1-13(18(2)3)12-19-14-8-4-6-10-16(14)20-17-11-7-5-9-15(17)19;1-17(2)12-14-7-4-5-10-16(14,18)13-8-6-9-15(11-13)19-3;1-4-5-11(6-7(2)3)8(14)12-10(16)13-9(11)15/h3-4,11,15,18,22,24H,1-2,5-10H2;4-11,13H,12H2,1-3H3;6,8-9,11,14,18H,4-5,7,10,12H2,1-3H3;4,7H,1,5-6H2,2-3H3,(H2,12,13,14,15,16)/t15-,18+,19+,20-;;14-,16+;/m1.1./s1. The minimum absolute atomic E-state index is 0.0454. The number of imide groups is 2. The summed E-state index contributed by atoms with van der Waals surface area (Å²) >= 11 is 1.87. The second kappa shape index (κ2) is 24.0. The second-order valence-electron chi connectivity index (χ2n) is 24.4. The lowest BCUT2D eigenvalue weighted by molar-refractivity contribution is -0.188. The number of ether oxygens (including phenoxy) is 2. The average Bonchev–Trinajstić information content (AvgIpc) is 4.17. The van der Waals surface area contributed by atoms with Crippen molar-refractivity contribution in [2.75, 3.05) is 66.4 Å². The molecule has 4 heterocycles. The first-order valence-electron chi connectivity index (χ1n) is 28.8. The Morgan fingerprint density at radius 2 is 1.54 bits per heavy atom. The molecule has 430 valence electrons. The van der Waals surface area contributed by atoms with E-state index in [1.807, 2.05) is 55.9 Å². The molecule has 1 spiro atoms. The molecular formula is C64H84N6O9S. The summed E-state index contributed by atoms with van der Waals surface area (Å²) < 4.78 is 11.3. The van der Waals surface area contributed by atoms with Gasteiger partial charge in [0.15, 0.2) is 23.4 Å². The molecule has 4 aliphatic heterocycles. The predicted octanol–water partition coefficient (Wildman–Crippen LogP) is 9.36. The van der Waals surface area contributed by atoms with E-state index >= 15 is 0 Å². The zero-order valence-corrected chi connectivity index (χ0v) is 48.9. The lowest BCUT2D eigenvalue weighted by atomic mass is 9.49. The molecule has 2 bridgehead atoms. The van der Waals surface area contributed by atoms with Crippen molar-refractivity contribution >= 4 is 46.8 Å². The number of aliphatic hydroxyl groups is 2. The molecule has 8 aliphatic rings. The average molecular weight is 1110 g/mol. The maximum absolute atomic E-state index is 12.7. The molecule has 1 unspecified atom stereocenters. The Labute approximate surface area is 477 Å². The molecule has 0 aromatic heterocycles. The number of ketones is 1. The van der Waals surface area contributed by atoms with Gasteiger partial charge < -0.3 is 39.5 Å². The summed E-state index contributed by atoms with van der Waals surface area (Å²) in [6.07, 6.45) is 10.7. The summed E-state index contributed by atoms with van der Waals surface area (Å²) in [5.74, 6) is 1.61. The monoisotopic (exact) mass is 1110 g/mol. The molecular weight excluding hydrogens is 1030 g/mol. The first-order chi connectivity index (χ1) is 38.2. The van der Waals surface area contributed by atoms with E-state index in [9.17, 15) is 34.5 Å². The highest BCUT2D eigenvalue weighted by atomic mass is 32.2. The number of piperidine rings is 1. The molecule has 4 aromatic carbocycles. The zero-order valence-electron chi connectivity index (χ0n) is 48.1. The third-order valence-electron chi connectivity index (χ3n) is 18.2. The molecule has 2 saturated heterocycles. The van der Waals surface area contributed by atoms with E-state index in [1.165, 1.54) is 46.5 Å². The van der Waals surface area contributed by atoms with Crippen molar-refractivity contribution in [3.05, 3.63) is 114 Å². The number of allylic oxidation sites excluding steroid dienone is 1.